The highest BCUT2D eigenvalue weighted by Gasteiger charge is 2.28. The number of ether oxygens (including phenoxy) is 1. The summed E-state index contributed by atoms with van der Waals surface area (Å²) in [5.74, 6) is 0. The minimum atomic E-state index is 0.464. The molecule has 0 aromatic heterocycles. The summed E-state index contributed by atoms with van der Waals surface area (Å²) < 4.78 is 5.08. The lowest BCUT2D eigenvalue weighted by atomic mass is 9.93. The van der Waals surface area contributed by atoms with Crippen molar-refractivity contribution in [3.63, 3.8) is 0 Å². The van der Waals surface area contributed by atoms with E-state index in [1.165, 1.54) is 19.5 Å². The highest BCUT2D eigenvalue weighted by atomic mass is 16.5. The minimum Gasteiger partial charge on any atom is -0.383 e. The molecule has 1 aliphatic heterocycles. The van der Waals surface area contributed by atoms with Crippen molar-refractivity contribution < 1.29 is 4.74 Å². The molecule has 15 heavy (non-hydrogen) atoms. The molecule has 0 aliphatic carbocycles. The molecule has 1 saturated heterocycles. The van der Waals surface area contributed by atoms with E-state index in [1.807, 2.05) is 0 Å². The highest BCUT2D eigenvalue weighted by Crippen LogP contribution is 2.28. The molecule has 1 heterocycles. The second-order valence-corrected chi connectivity index (χ2v) is 5.50. The molecule has 90 valence electrons. The zero-order valence-electron chi connectivity index (χ0n) is 10.7. The van der Waals surface area contributed by atoms with Crippen LogP contribution in [0.5, 0.6) is 0 Å². The normalized spacial score (nSPS) is 23.2. The second-order valence-electron chi connectivity index (χ2n) is 5.50. The average molecular weight is 214 g/mol. The molecule has 1 fully saturated rings. The average Bonchev–Trinajstić information content (AvgIpc) is 2.46. The Hall–Kier alpha value is -0.120. The molecule has 0 spiro atoms. The van der Waals surface area contributed by atoms with Gasteiger partial charge in [-0.1, -0.05) is 13.8 Å². The third-order valence-electron chi connectivity index (χ3n) is 3.09. The Bertz CT molecular complexity index is 182. The number of likely N-dealkylation sites (tertiary alicyclic amines) is 1. The van der Waals surface area contributed by atoms with E-state index in [2.05, 4.69) is 31.0 Å². The first-order valence-corrected chi connectivity index (χ1v) is 5.98. The van der Waals surface area contributed by atoms with Gasteiger partial charge < -0.3 is 15.0 Å². The largest absolute Gasteiger partial charge is 0.383 e. The van der Waals surface area contributed by atoms with E-state index in [-0.39, 0.29) is 0 Å². The fraction of sp³-hybridized carbons (Fsp3) is 1.00. The third-order valence-corrected chi connectivity index (χ3v) is 3.09. The van der Waals surface area contributed by atoms with Crippen molar-refractivity contribution in [2.75, 3.05) is 39.9 Å². The van der Waals surface area contributed by atoms with E-state index in [1.54, 1.807) is 7.11 Å². The van der Waals surface area contributed by atoms with Crippen molar-refractivity contribution in [3.05, 3.63) is 0 Å². The fourth-order valence-electron chi connectivity index (χ4n) is 2.19. The molecular weight excluding hydrogens is 188 g/mol. The lowest BCUT2D eigenvalue weighted by Gasteiger charge is -2.20. The molecule has 0 aromatic carbocycles. The molecule has 1 aliphatic rings. The molecule has 1 rings (SSSR count). The first-order valence-electron chi connectivity index (χ1n) is 5.98. The van der Waals surface area contributed by atoms with Crippen LogP contribution in [0.25, 0.3) is 0 Å². The third kappa shape index (κ3) is 4.96. The van der Waals surface area contributed by atoms with Crippen molar-refractivity contribution in [3.8, 4) is 0 Å². The highest BCUT2D eigenvalue weighted by molar-refractivity contribution is 4.82. The quantitative estimate of drug-likeness (QED) is 0.722. The summed E-state index contributed by atoms with van der Waals surface area (Å²) in [6.45, 7) is 12.4. The van der Waals surface area contributed by atoms with E-state index in [4.69, 9.17) is 4.74 Å². The van der Waals surface area contributed by atoms with Crippen LogP contribution in [0.1, 0.15) is 27.2 Å². The Kier molecular flexibility index (Phi) is 5.03. The molecule has 0 bridgehead atoms. The summed E-state index contributed by atoms with van der Waals surface area (Å²) >= 11 is 0. The molecule has 1 N–H and O–H groups in total. The van der Waals surface area contributed by atoms with Gasteiger partial charge in [0.05, 0.1) is 6.61 Å². The van der Waals surface area contributed by atoms with E-state index in [0.717, 1.165) is 19.7 Å². The zero-order chi connectivity index (χ0) is 11.3. The number of rotatable bonds is 6. The number of methoxy groups -OCH3 is 1. The van der Waals surface area contributed by atoms with Crippen LogP contribution in [0.4, 0.5) is 0 Å². The summed E-state index contributed by atoms with van der Waals surface area (Å²) in [7, 11) is 1.75. The summed E-state index contributed by atoms with van der Waals surface area (Å²) in [6.07, 6.45) is 1.33. The van der Waals surface area contributed by atoms with Crippen LogP contribution >= 0.6 is 0 Å². The van der Waals surface area contributed by atoms with Crippen molar-refractivity contribution in [1.82, 2.24) is 10.2 Å². The van der Waals surface area contributed by atoms with Gasteiger partial charge in [-0.05, 0) is 25.3 Å². The van der Waals surface area contributed by atoms with Crippen molar-refractivity contribution in [2.45, 2.75) is 33.2 Å². The maximum Gasteiger partial charge on any atom is 0.0613 e. The Morgan fingerprint density at radius 2 is 2.20 bits per heavy atom. The predicted octanol–water partition coefficient (Wildman–Crippen LogP) is 1.34. The van der Waals surface area contributed by atoms with Crippen LogP contribution in [0.3, 0.4) is 0 Å². The van der Waals surface area contributed by atoms with Crippen molar-refractivity contribution in [2.24, 2.45) is 5.41 Å². The van der Waals surface area contributed by atoms with Crippen molar-refractivity contribution >= 4 is 0 Å². The lowest BCUT2D eigenvalue weighted by Crippen LogP contribution is -2.37. The summed E-state index contributed by atoms with van der Waals surface area (Å²) in [5.41, 5.74) is 0.526. The summed E-state index contributed by atoms with van der Waals surface area (Å²) in [4.78, 5) is 2.55. The summed E-state index contributed by atoms with van der Waals surface area (Å²) in [6, 6.07) is 0.464. The van der Waals surface area contributed by atoms with Crippen LogP contribution in [0, 0.1) is 5.41 Å². The second kappa shape index (κ2) is 5.83. The Morgan fingerprint density at radius 3 is 2.73 bits per heavy atom. The van der Waals surface area contributed by atoms with Gasteiger partial charge in [-0.2, -0.15) is 0 Å². The zero-order valence-corrected chi connectivity index (χ0v) is 10.7. The standard InChI is InChI=1S/C12H26N2O/c1-11(9-15-4)13-6-8-14-7-5-12(2,3)10-14/h11,13H,5-10H2,1-4H3. The van der Waals surface area contributed by atoms with E-state index in [9.17, 15) is 0 Å². The van der Waals surface area contributed by atoms with Gasteiger partial charge >= 0.3 is 0 Å². The number of hydrogen-bond acceptors (Lipinski definition) is 3. The first kappa shape index (κ1) is 12.9. The molecule has 3 heteroatoms. The van der Waals surface area contributed by atoms with Gasteiger partial charge in [-0.25, -0.2) is 0 Å². The first-order chi connectivity index (χ1) is 7.03. The molecule has 0 saturated carbocycles. The van der Waals surface area contributed by atoms with E-state index < -0.39 is 0 Å². The van der Waals surface area contributed by atoms with Crippen LogP contribution in [0.2, 0.25) is 0 Å². The predicted molar refractivity (Wildman–Crippen MR) is 64.2 cm³/mol. The smallest absolute Gasteiger partial charge is 0.0613 e. The topological polar surface area (TPSA) is 24.5 Å². The van der Waals surface area contributed by atoms with Gasteiger partial charge in [0.1, 0.15) is 0 Å². The molecule has 3 nitrogen and oxygen atoms in total. The molecule has 1 atom stereocenters. The maximum atomic E-state index is 5.08. The van der Waals surface area contributed by atoms with Gasteiger partial charge in [-0.15, -0.1) is 0 Å². The van der Waals surface area contributed by atoms with Gasteiger partial charge in [0.15, 0.2) is 0 Å². The monoisotopic (exact) mass is 214 g/mol. The van der Waals surface area contributed by atoms with Gasteiger partial charge in [-0.3, -0.25) is 0 Å². The lowest BCUT2D eigenvalue weighted by molar-refractivity contribution is 0.170. The summed E-state index contributed by atoms with van der Waals surface area (Å²) in [5, 5.41) is 3.47. The molecular formula is C12H26N2O. The van der Waals surface area contributed by atoms with E-state index >= 15 is 0 Å². The van der Waals surface area contributed by atoms with E-state index in [0.29, 0.717) is 11.5 Å². The van der Waals surface area contributed by atoms with Gasteiger partial charge in [0.2, 0.25) is 0 Å². The SMILES string of the molecule is COCC(C)NCCN1CCC(C)(C)C1. The molecule has 0 radical (unpaired) electrons. The number of hydrogen-bond donors (Lipinski definition) is 1. The molecule has 0 aromatic rings. The van der Waals surface area contributed by atoms with Crippen LogP contribution in [-0.4, -0.2) is 50.8 Å². The van der Waals surface area contributed by atoms with Gasteiger partial charge in [0, 0.05) is 32.8 Å². The molecule has 1 unspecified atom stereocenters. The van der Waals surface area contributed by atoms with Crippen LogP contribution in [-0.2, 0) is 4.74 Å². The van der Waals surface area contributed by atoms with Crippen LogP contribution in [0.15, 0.2) is 0 Å². The minimum absolute atomic E-state index is 0.464. The van der Waals surface area contributed by atoms with Crippen molar-refractivity contribution in [1.29, 1.82) is 0 Å². The number of nitrogens with zero attached hydrogens (tertiary/aromatic N) is 1. The van der Waals surface area contributed by atoms with Gasteiger partial charge in [0.25, 0.3) is 0 Å². The molecule has 0 amide bonds. The Labute approximate surface area is 94.2 Å². The maximum absolute atomic E-state index is 5.08. The number of nitrogens with one attached hydrogen (secondary N) is 1. The Balaban J connectivity index is 2.06. The Morgan fingerprint density at radius 1 is 1.47 bits per heavy atom. The fourth-order valence-corrected chi connectivity index (χ4v) is 2.19. The van der Waals surface area contributed by atoms with Crippen LogP contribution < -0.4 is 5.32 Å².